The summed E-state index contributed by atoms with van der Waals surface area (Å²) in [6.07, 6.45) is 2.09. The number of carbonyl (C=O) groups excluding carboxylic acids is 3. The topological polar surface area (TPSA) is 75.7 Å². The maximum Gasteiger partial charge on any atom is 0.341 e. The number of nitrogens with zero attached hydrogens (tertiary/aromatic N) is 1. The number of nitrogens with one attached hydrogen (secondary N) is 1. The number of thiophene rings is 2. The molecule has 28 heavy (non-hydrogen) atoms. The molecule has 1 atom stereocenters. The van der Waals surface area contributed by atoms with Gasteiger partial charge in [0.05, 0.1) is 23.6 Å². The van der Waals surface area contributed by atoms with Gasteiger partial charge in [0.25, 0.3) is 0 Å². The number of esters is 1. The molecule has 1 aliphatic heterocycles. The van der Waals surface area contributed by atoms with E-state index in [1.165, 1.54) is 11.8 Å². The fourth-order valence-electron chi connectivity index (χ4n) is 3.56. The Kier molecular flexibility index (Phi) is 6.64. The van der Waals surface area contributed by atoms with Gasteiger partial charge >= 0.3 is 5.97 Å². The number of hydrogen-bond donors (Lipinski definition) is 1. The molecule has 2 aromatic rings. The summed E-state index contributed by atoms with van der Waals surface area (Å²) in [5.41, 5.74) is 0.838. The van der Waals surface area contributed by atoms with Crippen molar-refractivity contribution in [2.24, 2.45) is 0 Å². The summed E-state index contributed by atoms with van der Waals surface area (Å²) in [5.74, 6) is -0.840. The van der Waals surface area contributed by atoms with Gasteiger partial charge in [0.1, 0.15) is 5.00 Å². The van der Waals surface area contributed by atoms with Crippen LogP contribution in [0.2, 0.25) is 0 Å². The smallest absolute Gasteiger partial charge is 0.341 e. The van der Waals surface area contributed by atoms with Crippen molar-refractivity contribution in [1.82, 2.24) is 4.90 Å². The molecule has 6 nitrogen and oxygen atoms in total. The Morgan fingerprint density at radius 1 is 1.36 bits per heavy atom. The standard InChI is InChI=1S/C20H24N2O4S2/c1-4-26-20(25)17-12(2)18(13(3)23)28-19(17)21-16(24)11-22-9-5-7-14(22)15-8-6-10-27-15/h6,8,10,14H,4-5,7,9,11H2,1-3H3,(H,21,24)/t14-/m0/s1. The van der Waals surface area contributed by atoms with Crippen molar-refractivity contribution >= 4 is 45.3 Å². The van der Waals surface area contributed by atoms with E-state index >= 15 is 0 Å². The minimum atomic E-state index is -0.517. The fraction of sp³-hybridized carbons (Fsp3) is 0.450. The summed E-state index contributed by atoms with van der Waals surface area (Å²) >= 11 is 2.84. The summed E-state index contributed by atoms with van der Waals surface area (Å²) in [6.45, 7) is 6.23. The summed E-state index contributed by atoms with van der Waals surface area (Å²) in [7, 11) is 0. The van der Waals surface area contributed by atoms with Gasteiger partial charge < -0.3 is 10.1 Å². The van der Waals surface area contributed by atoms with Crippen LogP contribution < -0.4 is 5.32 Å². The number of likely N-dealkylation sites (tertiary alicyclic amines) is 1. The van der Waals surface area contributed by atoms with E-state index in [9.17, 15) is 14.4 Å². The van der Waals surface area contributed by atoms with Crippen molar-refractivity contribution < 1.29 is 19.1 Å². The molecule has 8 heteroatoms. The lowest BCUT2D eigenvalue weighted by molar-refractivity contribution is -0.117. The van der Waals surface area contributed by atoms with E-state index in [1.807, 2.05) is 6.07 Å². The molecule has 0 unspecified atom stereocenters. The molecule has 0 saturated carbocycles. The van der Waals surface area contributed by atoms with Crippen LogP contribution in [0.1, 0.15) is 63.2 Å². The number of hydrogen-bond acceptors (Lipinski definition) is 7. The zero-order valence-electron chi connectivity index (χ0n) is 16.2. The Morgan fingerprint density at radius 3 is 2.79 bits per heavy atom. The Bertz CT molecular complexity index is 873. The third-order valence-electron chi connectivity index (χ3n) is 4.78. The van der Waals surface area contributed by atoms with Crippen molar-refractivity contribution in [3.05, 3.63) is 38.4 Å². The van der Waals surface area contributed by atoms with E-state index < -0.39 is 5.97 Å². The highest BCUT2D eigenvalue weighted by atomic mass is 32.1. The maximum atomic E-state index is 12.7. The molecule has 0 aromatic carbocycles. The summed E-state index contributed by atoms with van der Waals surface area (Å²) in [5, 5.41) is 5.28. The van der Waals surface area contributed by atoms with E-state index in [4.69, 9.17) is 4.74 Å². The van der Waals surface area contributed by atoms with Crippen LogP contribution >= 0.6 is 22.7 Å². The van der Waals surface area contributed by atoms with Crippen LogP contribution in [0.15, 0.2) is 17.5 Å². The molecular weight excluding hydrogens is 396 g/mol. The molecule has 1 N–H and O–H groups in total. The van der Waals surface area contributed by atoms with Gasteiger partial charge in [-0.05, 0) is 57.2 Å². The third kappa shape index (κ3) is 4.34. The first-order valence-electron chi connectivity index (χ1n) is 9.31. The summed E-state index contributed by atoms with van der Waals surface area (Å²) in [4.78, 5) is 40.9. The Labute approximate surface area is 172 Å². The van der Waals surface area contributed by atoms with Crippen LogP contribution in [0.5, 0.6) is 0 Å². The molecule has 1 amide bonds. The molecule has 0 bridgehead atoms. The average Bonchev–Trinajstić information content (AvgIpc) is 3.35. The molecule has 0 aliphatic carbocycles. The highest BCUT2D eigenvalue weighted by Gasteiger charge is 2.30. The van der Waals surface area contributed by atoms with Crippen LogP contribution in [-0.4, -0.2) is 42.3 Å². The second-order valence-corrected chi connectivity index (χ2v) is 8.73. The lowest BCUT2D eigenvalue weighted by Gasteiger charge is -2.22. The van der Waals surface area contributed by atoms with Gasteiger partial charge in [-0.1, -0.05) is 6.07 Å². The third-order valence-corrected chi connectivity index (χ3v) is 7.06. The van der Waals surface area contributed by atoms with Crippen molar-refractivity contribution in [3.8, 4) is 0 Å². The monoisotopic (exact) mass is 420 g/mol. The minimum absolute atomic E-state index is 0.133. The van der Waals surface area contributed by atoms with E-state index in [2.05, 4.69) is 21.7 Å². The zero-order valence-corrected chi connectivity index (χ0v) is 17.9. The number of Topliss-reactive ketones (excluding diaryl/α,β-unsaturated/α-hetero) is 1. The molecule has 1 aliphatic rings. The fourth-order valence-corrected chi connectivity index (χ4v) is 5.56. The summed E-state index contributed by atoms with van der Waals surface area (Å²) in [6, 6.07) is 4.39. The number of rotatable bonds is 7. The average molecular weight is 421 g/mol. The maximum absolute atomic E-state index is 12.7. The normalized spacial score (nSPS) is 16.9. The van der Waals surface area contributed by atoms with Gasteiger partial charge in [-0.25, -0.2) is 4.79 Å². The van der Waals surface area contributed by atoms with E-state index in [0.717, 1.165) is 30.7 Å². The predicted octanol–water partition coefficient (Wildman–Crippen LogP) is 4.27. The van der Waals surface area contributed by atoms with E-state index in [1.54, 1.807) is 25.2 Å². The Balaban J connectivity index is 1.77. The van der Waals surface area contributed by atoms with Crippen LogP contribution in [0, 0.1) is 6.92 Å². The first kappa shape index (κ1) is 20.7. The van der Waals surface area contributed by atoms with Crippen LogP contribution in [0.3, 0.4) is 0 Å². The molecule has 150 valence electrons. The minimum Gasteiger partial charge on any atom is -0.462 e. The van der Waals surface area contributed by atoms with Crippen LogP contribution in [-0.2, 0) is 9.53 Å². The number of carbonyl (C=O) groups is 3. The zero-order chi connectivity index (χ0) is 20.3. The van der Waals surface area contributed by atoms with Gasteiger partial charge in [0.2, 0.25) is 5.91 Å². The second kappa shape index (κ2) is 8.98. The second-order valence-electron chi connectivity index (χ2n) is 6.73. The van der Waals surface area contributed by atoms with E-state index in [-0.39, 0.29) is 36.4 Å². The number of amides is 1. The van der Waals surface area contributed by atoms with Gasteiger partial charge in [0, 0.05) is 10.9 Å². The molecule has 1 saturated heterocycles. The summed E-state index contributed by atoms with van der Waals surface area (Å²) < 4.78 is 5.12. The van der Waals surface area contributed by atoms with Crippen molar-refractivity contribution in [2.75, 3.05) is 25.0 Å². The van der Waals surface area contributed by atoms with E-state index in [0.29, 0.717) is 15.4 Å². The Morgan fingerprint density at radius 2 is 2.14 bits per heavy atom. The highest BCUT2D eigenvalue weighted by Crippen LogP contribution is 2.36. The highest BCUT2D eigenvalue weighted by molar-refractivity contribution is 7.18. The molecule has 0 spiro atoms. The van der Waals surface area contributed by atoms with Gasteiger partial charge in [-0.15, -0.1) is 22.7 Å². The largest absolute Gasteiger partial charge is 0.462 e. The molecule has 1 fully saturated rings. The van der Waals surface area contributed by atoms with Gasteiger partial charge in [-0.3, -0.25) is 14.5 Å². The SMILES string of the molecule is CCOC(=O)c1c(NC(=O)CN2CCC[C@H]2c2cccs2)sc(C(C)=O)c1C. The van der Waals surface area contributed by atoms with Crippen LogP contribution in [0.25, 0.3) is 0 Å². The molecule has 3 rings (SSSR count). The van der Waals surface area contributed by atoms with Crippen molar-refractivity contribution in [1.29, 1.82) is 0 Å². The predicted molar refractivity (Wildman–Crippen MR) is 112 cm³/mol. The first-order chi connectivity index (χ1) is 13.4. The van der Waals surface area contributed by atoms with Crippen molar-refractivity contribution in [2.45, 2.75) is 39.7 Å². The van der Waals surface area contributed by atoms with Crippen LogP contribution in [0.4, 0.5) is 5.00 Å². The molecule has 3 heterocycles. The lowest BCUT2D eigenvalue weighted by Crippen LogP contribution is -2.32. The van der Waals surface area contributed by atoms with Gasteiger partial charge in [0.15, 0.2) is 5.78 Å². The molecule has 2 aromatic heterocycles. The number of ether oxygens (including phenoxy) is 1. The molecular formula is C20H24N2O4S2. The quantitative estimate of drug-likeness (QED) is 0.535. The Hall–Kier alpha value is -2.03. The van der Waals surface area contributed by atoms with Gasteiger partial charge in [-0.2, -0.15) is 0 Å². The number of anilines is 1. The lowest BCUT2D eigenvalue weighted by atomic mass is 10.1. The van der Waals surface area contributed by atoms with Crippen molar-refractivity contribution in [3.63, 3.8) is 0 Å². The molecule has 0 radical (unpaired) electrons. The first-order valence-corrected chi connectivity index (χ1v) is 11.0. The number of ketones is 1.